The van der Waals surface area contributed by atoms with Crippen LogP contribution in [0.5, 0.6) is 0 Å². The number of fused-ring (bicyclic) bond motifs is 1. The van der Waals surface area contributed by atoms with E-state index in [9.17, 15) is 0 Å². The quantitative estimate of drug-likeness (QED) is 0.839. The van der Waals surface area contributed by atoms with E-state index in [1.807, 2.05) is 0 Å². The van der Waals surface area contributed by atoms with Gasteiger partial charge in [0.05, 0.1) is 11.4 Å². The van der Waals surface area contributed by atoms with Crippen LogP contribution in [0.2, 0.25) is 0 Å². The lowest BCUT2D eigenvalue weighted by atomic mass is 10.2. The van der Waals surface area contributed by atoms with E-state index < -0.39 is 0 Å². The smallest absolute Gasteiger partial charge is 0.104 e. The Morgan fingerprint density at radius 2 is 1.89 bits per heavy atom. The van der Waals surface area contributed by atoms with Gasteiger partial charge in [-0.25, -0.2) is 0 Å². The molecule has 1 aliphatic rings. The normalized spacial score (nSPS) is 17.4. The van der Waals surface area contributed by atoms with Gasteiger partial charge in [0.15, 0.2) is 0 Å². The second-order valence-corrected chi connectivity index (χ2v) is 4.79. The van der Waals surface area contributed by atoms with E-state index in [4.69, 9.17) is 0 Å². The monoisotopic (exact) mass is 238 g/mol. The zero-order valence-corrected chi connectivity index (χ0v) is 10.9. The minimum absolute atomic E-state index is 0.351. The second-order valence-electron chi connectivity index (χ2n) is 4.79. The Labute approximate surface area is 108 Å². The molecular weight excluding hydrogens is 220 g/mol. The first-order valence-electron chi connectivity index (χ1n) is 6.51. The maximum Gasteiger partial charge on any atom is 0.104 e. The van der Waals surface area contributed by atoms with Gasteiger partial charge in [0.2, 0.25) is 0 Å². The average molecular weight is 238 g/mol. The largest absolute Gasteiger partial charge is 0.363 e. The molecule has 0 fully saturated rings. The third-order valence-corrected chi connectivity index (χ3v) is 3.47. The molecule has 3 rings (SSSR count). The Kier molecular flexibility index (Phi) is 2.71. The minimum Gasteiger partial charge on any atom is -0.363 e. The van der Waals surface area contributed by atoms with Crippen molar-refractivity contribution in [3.63, 3.8) is 0 Å². The highest BCUT2D eigenvalue weighted by Gasteiger charge is 2.28. The maximum absolute atomic E-state index is 3.60. The molecule has 2 heteroatoms. The predicted molar refractivity (Wildman–Crippen MR) is 77.5 cm³/mol. The molecule has 1 aliphatic heterocycles. The second kappa shape index (κ2) is 4.37. The molecule has 92 valence electrons. The Bertz CT molecular complexity index is 548. The topological polar surface area (TPSA) is 15.3 Å². The zero-order valence-electron chi connectivity index (χ0n) is 10.9. The van der Waals surface area contributed by atoms with Crippen molar-refractivity contribution in [2.45, 2.75) is 26.4 Å². The van der Waals surface area contributed by atoms with Gasteiger partial charge < -0.3 is 10.2 Å². The van der Waals surface area contributed by atoms with E-state index in [0.717, 1.165) is 6.42 Å². The summed E-state index contributed by atoms with van der Waals surface area (Å²) in [7, 11) is 0. The molecule has 0 aromatic heterocycles. The molecule has 2 aromatic rings. The fraction of sp³-hybridized carbons (Fsp3) is 0.250. The highest BCUT2D eigenvalue weighted by atomic mass is 15.3. The summed E-state index contributed by atoms with van der Waals surface area (Å²) in [4.78, 5) is 2.38. The first kappa shape index (κ1) is 11.1. The highest BCUT2D eigenvalue weighted by molar-refractivity contribution is 5.82. The van der Waals surface area contributed by atoms with Gasteiger partial charge in [-0.15, -0.1) is 0 Å². The van der Waals surface area contributed by atoms with Crippen LogP contribution in [-0.2, 0) is 0 Å². The van der Waals surface area contributed by atoms with Crippen molar-refractivity contribution in [2.75, 3.05) is 10.2 Å². The van der Waals surface area contributed by atoms with E-state index in [2.05, 4.69) is 72.6 Å². The molecule has 2 nitrogen and oxygen atoms in total. The van der Waals surface area contributed by atoms with Crippen LogP contribution in [-0.4, -0.2) is 6.17 Å². The molecule has 0 saturated carbocycles. The lowest BCUT2D eigenvalue weighted by Crippen LogP contribution is -2.30. The van der Waals surface area contributed by atoms with Gasteiger partial charge in [0, 0.05) is 5.69 Å². The average Bonchev–Trinajstić information content (AvgIpc) is 2.77. The summed E-state index contributed by atoms with van der Waals surface area (Å²) >= 11 is 0. The molecule has 1 heterocycles. The number of benzene rings is 2. The number of rotatable bonds is 2. The Morgan fingerprint density at radius 1 is 1.11 bits per heavy atom. The van der Waals surface area contributed by atoms with Crippen LogP contribution in [0.4, 0.5) is 17.1 Å². The van der Waals surface area contributed by atoms with Crippen molar-refractivity contribution in [1.82, 2.24) is 0 Å². The van der Waals surface area contributed by atoms with E-state index in [0.29, 0.717) is 6.17 Å². The van der Waals surface area contributed by atoms with Crippen molar-refractivity contribution >= 4 is 17.1 Å². The third kappa shape index (κ3) is 1.74. The first-order chi connectivity index (χ1) is 8.79. The van der Waals surface area contributed by atoms with Gasteiger partial charge in [-0.3, -0.25) is 0 Å². The van der Waals surface area contributed by atoms with Crippen molar-refractivity contribution in [3.8, 4) is 0 Å². The Balaban J connectivity index is 2.08. The molecule has 1 atom stereocenters. The first-order valence-corrected chi connectivity index (χ1v) is 6.51. The van der Waals surface area contributed by atoms with Crippen LogP contribution in [0, 0.1) is 6.92 Å². The van der Waals surface area contributed by atoms with Crippen LogP contribution in [0.25, 0.3) is 0 Å². The number of aryl methyl sites for hydroxylation is 1. The van der Waals surface area contributed by atoms with Crippen molar-refractivity contribution in [2.24, 2.45) is 0 Å². The molecule has 1 unspecified atom stereocenters. The summed E-state index contributed by atoms with van der Waals surface area (Å²) in [5.74, 6) is 0. The van der Waals surface area contributed by atoms with E-state index in [-0.39, 0.29) is 0 Å². The van der Waals surface area contributed by atoms with Gasteiger partial charge in [-0.1, -0.05) is 31.2 Å². The van der Waals surface area contributed by atoms with Gasteiger partial charge in [-0.05, 0) is 43.2 Å². The molecule has 0 saturated heterocycles. The molecule has 0 amide bonds. The number of anilines is 3. The number of hydrogen-bond donors (Lipinski definition) is 1. The summed E-state index contributed by atoms with van der Waals surface area (Å²) in [6.07, 6.45) is 1.42. The van der Waals surface area contributed by atoms with Gasteiger partial charge in [-0.2, -0.15) is 0 Å². The summed E-state index contributed by atoms with van der Waals surface area (Å²) in [5.41, 5.74) is 5.06. The summed E-state index contributed by atoms with van der Waals surface area (Å²) in [6, 6.07) is 17.2. The highest BCUT2D eigenvalue weighted by Crippen LogP contribution is 2.40. The van der Waals surface area contributed by atoms with E-state index in [1.54, 1.807) is 0 Å². The fourth-order valence-corrected chi connectivity index (χ4v) is 2.58. The summed E-state index contributed by atoms with van der Waals surface area (Å²) < 4.78 is 0. The fourth-order valence-electron chi connectivity index (χ4n) is 2.58. The Hall–Kier alpha value is -1.96. The third-order valence-electron chi connectivity index (χ3n) is 3.47. The molecule has 0 spiro atoms. The molecule has 1 N–H and O–H groups in total. The lowest BCUT2D eigenvalue weighted by Gasteiger charge is -2.26. The zero-order chi connectivity index (χ0) is 12.5. The van der Waals surface area contributed by atoms with E-state index in [1.165, 1.54) is 22.6 Å². The van der Waals surface area contributed by atoms with Crippen LogP contribution < -0.4 is 10.2 Å². The van der Waals surface area contributed by atoms with Gasteiger partial charge in [0.1, 0.15) is 6.17 Å². The standard InChI is InChI=1S/C16H18N2/c1-3-16-17-14-11-12(2)9-10-15(14)18(16)13-7-5-4-6-8-13/h4-11,16-17H,3H2,1-2H3. The SMILES string of the molecule is CCC1Nc2cc(C)ccc2N1c1ccccc1. The number of nitrogens with zero attached hydrogens (tertiary/aromatic N) is 1. The molecular formula is C16H18N2. The maximum atomic E-state index is 3.60. The summed E-state index contributed by atoms with van der Waals surface area (Å²) in [6.45, 7) is 4.35. The van der Waals surface area contributed by atoms with Crippen LogP contribution in [0.1, 0.15) is 18.9 Å². The molecule has 2 aromatic carbocycles. The number of nitrogens with one attached hydrogen (secondary N) is 1. The summed E-state index contributed by atoms with van der Waals surface area (Å²) in [5, 5.41) is 3.60. The molecule has 0 bridgehead atoms. The van der Waals surface area contributed by atoms with Crippen molar-refractivity contribution in [1.29, 1.82) is 0 Å². The molecule has 0 aliphatic carbocycles. The van der Waals surface area contributed by atoms with Gasteiger partial charge >= 0.3 is 0 Å². The lowest BCUT2D eigenvalue weighted by molar-refractivity contribution is 0.728. The number of hydrogen-bond acceptors (Lipinski definition) is 2. The Morgan fingerprint density at radius 3 is 2.61 bits per heavy atom. The van der Waals surface area contributed by atoms with Crippen molar-refractivity contribution in [3.05, 3.63) is 54.1 Å². The number of para-hydroxylation sites is 1. The van der Waals surface area contributed by atoms with E-state index >= 15 is 0 Å². The molecule has 18 heavy (non-hydrogen) atoms. The predicted octanol–water partition coefficient (Wildman–Crippen LogP) is 4.29. The minimum atomic E-state index is 0.351. The van der Waals surface area contributed by atoms with Gasteiger partial charge in [0.25, 0.3) is 0 Å². The van der Waals surface area contributed by atoms with Crippen LogP contribution in [0.3, 0.4) is 0 Å². The van der Waals surface area contributed by atoms with Crippen molar-refractivity contribution < 1.29 is 0 Å². The van der Waals surface area contributed by atoms with Crippen LogP contribution in [0.15, 0.2) is 48.5 Å². The van der Waals surface area contributed by atoms with Crippen LogP contribution >= 0.6 is 0 Å². The molecule has 0 radical (unpaired) electrons.